The van der Waals surface area contributed by atoms with Gasteiger partial charge in [0.1, 0.15) is 5.69 Å². The molecule has 142 valence electrons. The van der Waals surface area contributed by atoms with Crippen LogP contribution in [0.3, 0.4) is 0 Å². The molecule has 0 aliphatic heterocycles. The predicted octanol–water partition coefficient (Wildman–Crippen LogP) is 3.92. The number of rotatable bonds is 6. The Balaban J connectivity index is 1.63. The summed E-state index contributed by atoms with van der Waals surface area (Å²) in [7, 11) is 0. The van der Waals surface area contributed by atoms with Crippen LogP contribution < -0.4 is 10.6 Å². The summed E-state index contributed by atoms with van der Waals surface area (Å²) in [6.45, 7) is 4.47. The maximum atomic E-state index is 12.5. The van der Waals surface area contributed by atoms with Gasteiger partial charge in [-0.1, -0.05) is 42.5 Å². The molecular formula is C23H23N3O2. The molecule has 5 heteroatoms. The maximum Gasteiger partial charge on any atom is 0.274 e. The predicted molar refractivity (Wildman–Crippen MR) is 111 cm³/mol. The van der Waals surface area contributed by atoms with Crippen LogP contribution in [0.25, 0.3) is 0 Å². The molecule has 28 heavy (non-hydrogen) atoms. The molecule has 0 saturated carbocycles. The van der Waals surface area contributed by atoms with Crippen LogP contribution in [-0.2, 0) is 6.42 Å². The van der Waals surface area contributed by atoms with Crippen LogP contribution in [-0.4, -0.2) is 23.3 Å². The number of hydrogen-bond acceptors (Lipinski definition) is 3. The normalized spacial score (nSPS) is 10.4. The topological polar surface area (TPSA) is 71.1 Å². The molecule has 2 N–H and O–H groups in total. The second-order valence-corrected chi connectivity index (χ2v) is 6.62. The minimum atomic E-state index is -0.340. The van der Waals surface area contributed by atoms with Crippen molar-refractivity contribution in [2.75, 3.05) is 11.9 Å². The average Bonchev–Trinajstić information content (AvgIpc) is 2.72. The minimum absolute atomic E-state index is 0.205. The summed E-state index contributed by atoms with van der Waals surface area (Å²) in [5.74, 6) is -0.563. The molecule has 3 rings (SSSR count). The van der Waals surface area contributed by atoms with Crippen molar-refractivity contribution in [1.82, 2.24) is 10.3 Å². The van der Waals surface area contributed by atoms with Gasteiger partial charge in [-0.3, -0.25) is 14.6 Å². The Morgan fingerprint density at radius 2 is 1.71 bits per heavy atom. The number of benzene rings is 2. The maximum absolute atomic E-state index is 12.5. The molecule has 0 radical (unpaired) electrons. The smallest absolute Gasteiger partial charge is 0.274 e. The molecule has 3 aromatic rings. The molecule has 0 aliphatic carbocycles. The van der Waals surface area contributed by atoms with E-state index in [0.29, 0.717) is 12.1 Å². The first-order valence-corrected chi connectivity index (χ1v) is 9.20. The van der Waals surface area contributed by atoms with Gasteiger partial charge < -0.3 is 10.6 Å². The van der Waals surface area contributed by atoms with E-state index in [1.807, 2.05) is 62.4 Å². The molecule has 2 aromatic carbocycles. The first kappa shape index (κ1) is 19.3. The fourth-order valence-electron chi connectivity index (χ4n) is 2.84. The lowest BCUT2D eigenvalue weighted by molar-refractivity contribution is 0.0954. The van der Waals surface area contributed by atoms with Crippen LogP contribution in [0.4, 0.5) is 5.69 Å². The lowest BCUT2D eigenvalue weighted by Crippen LogP contribution is -2.26. The summed E-state index contributed by atoms with van der Waals surface area (Å²) in [6, 6.07) is 18.8. The monoisotopic (exact) mass is 373 g/mol. The molecule has 0 atom stereocenters. The number of amides is 2. The van der Waals surface area contributed by atoms with E-state index in [0.717, 1.165) is 28.8 Å². The Labute approximate surface area is 164 Å². The number of carbonyl (C=O) groups excluding carboxylic acids is 2. The Morgan fingerprint density at radius 3 is 2.50 bits per heavy atom. The van der Waals surface area contributed by atoms with Gasteiger partial charge in [0.25, 0.3) is 11.8 Å². The van der Waals surface area contributed by atoms with Crippen molar-refractivity contribution in [3.05, 3.63) is 94.8 Å². The lowest BCUT2D eigenvalue weighted by Gasteiger charge is -2.10. The third-order valence-electron chi connectivity index (χ3n) is 4.65. The van der Waals surface area contributed by atoms with E-state index in [1.165, 1.54) is 12.3 Å². The van der Waals surface area contributed by atoms with Crippen molar-refractivity contribution in [3.8, 4) is 0 Å². The molecule has 0 spiro atoms. The summed E-state index contributed by atoms with van der Waals surface area (Å²) >= 11 is 0. The van der Waals surface area contributed by atoms with Gasteiger partial charge in [0.2, 0.25) is 0 Å². The molecule has 0 unspecified atom stereocenters. The molecule has 2 amide bonds. The van der Waals surface area contributed by atoms with Crippen LogP contribution in [0.5, 0.6) is 0 Å². The van der Waals surface area contributed by atoms with Crippen LogP contribution in [0.1, 0.15) is 37.5 Å². The number of pyridine rings is 1. The van der Waals surface area contributed by atoms with Gasteiger partial charge in [-0.15, -0.1) is 0 Å². The third kappa shape index (κ3) is 4.82. The van der Waals surface area contributed by atoms with Crippen LogP contribution >= 0.6 is 0 Å². The van der Waals surface area contributed by atoms with Crippen molar-refractivity contribution < 1.29 is 9.59 Å². The number of carbonyl (C=O) groups is 2. The highest BCUT2D eigenvalue weighted by atomic mass is 16.2. The highest BCUT2D eigenvalue weighted by Crippen LogP contribution is 2.18. The largest absolute Gasteiger partial charge is 0.352 e. The Morgan fingerprint density at radius 1 is 0.929 bits per heavy atom. The van der Waals surface area contributed by atoms with Crippen LogP contribution in [0.15, 0.2) is 66.9 Å². The number of anilines is 1. The number of nitrogens with one attached hydrogen (secondary N) is 2. The van der Waals surface area contributed by atoms with E-state index in [-0.39, 0.29) is 17.5 Å². The quantitative estimate of drug-likeness (QED) is 0.688. The number of nitrogens with zero attached hydrogens (tertiary/aromatic N) is 1. The molecule has 0 fully saturated rings. The third-order valence-corrected chi connectivity index (χ3v) is 4.65. The Bertz CT molecular complexity index is 984. The van der Waals surface area contributed by atoms with E-state index >= 15 is 0 Å². The summed E-state index contributed by atoms with van der Waals surface area (Å²) in [5, 5.41) is 5.75. The SMILES string of the molecule is Cc1cccc(NC(=O)c2cc(C(=O)NCCc3ccccc3)ccn2)c1C. The van der Waals surface area contributed by atoms with Crippen molar-refractivity contribution in [1.29, 1.82) is 0 Å². The average molecular weight is 373 g/mol. The second kappa shape index (κ2) is 8.95. The van der Waals surface area contributed by atoms with Crippen molar-refractivity contribution in [2.24, 2.45) is 0 Å². The van der Waals surface area contributed by atoms with Crippen LogP contribution in [0.2, 0.25) is 0 Å². The van der Waals surface area contributed by atoms with Crippen LogP contribution in [0, 0.1) is 13.8 Å². The van der Waals surface area contributed by atoms with E-state index in [4.69, 9.17) is 0 Å². The zero-order chi connectivity index (χ0) is 19.9. The number of hydrogen-bond donors (Lipinski definition) is 2. The summed E-state index contributed by atoms with van der Waals surface area (Å²) in [4.78, 5) is 29.0. The van der Waals surface area contributed by atoms with Gasteiger partial charge in [-0.05, 0) is 55.2 Å². The minimum Gasteiger partial charge on any atom is -0.352 e. The van der Waals surface area contributed by atoms with Gasteiger partial charge in [0.15, 0.2) is 0 Å². The van der Waals surface area contributed by atoms with E-state index < -0.39 is 0 Å². The Hall–Kier alpha value is -3.47. The van der Waals surface area contributed by atoms with Crippen molar-refractivity contribution >= 4 is 17.5 Å². The van der Waals surface area contributed by atoms with Crippen molar-refractivity contribution in [3.63, 3.8) is 0 Å². The number of aromatic nitrogens is 1. The van der Waals surface area contributed by atoms with E-state index in [1.54, 1.807) is 6.07 Å². The Kier molecular flexibility index (Phi) is 6.17. The lowest BCUT2D eigenvalue weighted by atomic mass is 10.1. The zero-order valence-corrected chi connectivity index (χ0v) is 16.0. The molecule has 0 aliphatic rings. The first-order valence-electron chi connectivity index (χ1n) is 9.20. The summed E-state index contributed by atoms with van der Waals surface area (Å²) in [5.41, 5.74) is 4.62. The summed E-state index contributed by atoms with van der Waals surface area (Å²) in [6.07, 6.45) is 2.22. The highest BCUT2D eigenvalue weighted by molar-refractivity contribution is 6.05. The van der Waals surface area contributed by atoms with E-state index in [2.05, 4.69) is 15.6 Å². The van der Waals surface area contributed by atoms with Gasteiger partial charge >= 0.3 is 0 Å². The number of aryl methyl sites for hydroxylation is 1. The van der Waals surface area contributed by atoms with Gasteiger partial charge in [-0.2, -0.15) is 0 Å². The summed E-state index contributed by atoms with van der Waals surface area (Å²) < 4.78 is 0. The van der Waals surface area contributed by atoms with Gasteiger partial charge in [-0.25, -0.2) is 0 Å². The fourth-order valence-corrected chi connectivity index (χ4v) is 2.84. The molecule has 0 bridgehead atoms. The molecule has 0 saturated heterocycles. The van der Waals surface area contributed by atoms with Gasteiger partial charge in [0, 0.05) is 24.0 Å². The zero-order valence-electron chi connectivity index (χ0n) is 16.0. The van der Waals surface area contributed by atoms with Crippen molar-refractivity contribution in [2.45, 2.75) is 20.3 Å². The fraction of sp³-hybridized carbons (Fsp3) is 0.174. The molecule has 5 nitrogen and oxygen atoms in total. The highest BCUT2D eigenvalue weighted by Gasteiger charge is 2.13. The molecular weight excluding hydrogens is 350 g/mol. The standard InChI is InChI=1S/C23H23N3O2/c1-16-7-6-10-20(17(16)2)26-23(28)21-15-19(12-14-24-21)22(27)25-13-11-18-8-4-3-5-9-18/h3-10,12,14-15H,11,13H2,1-2H3,(H,25,27)(H,26,28). The van der Waals surface area contributed by atoms with Gasteiger partial charge in [0.05, 0.1) is 0 Å². The second-order valence-electron chi connectivity index (χ2n) is 6.62. The molecule has 1 aromatic heterocycles. The van der Waals surface area contributed by atoms with E-state index in [9.17, 15) is 9.59 Å². The first-order chi connectivity index (χ1) is 13.5. The molecule has 1 heterocycles.